The van der Waals surface area contributed by atoms with Crippen LogP contribution in [-0.2, 0) is 14.3 Å². The zero-order valence-electron chi connectivity index (χ0n) is 13.9. The second kappa shape index (κ2) is 8.97. The lowest BCUT2D eigenvalue weighted by atomic mass is 10.2. The van der Waals surface area contributed by atoms with E-state index in [9.17, 15) is 19.7 Å². The lowest BCUT2D eigenvalue weighted by molar-refractivity contribution is -0.384. The molecule has 0 radical (unpaired) electrons. The van der Waals surface area contributed by atoms with Crippen LogP contribution in [0.4, 0.5) is 11.4 Å². The maximum atomic E-state index is 11.9. The van der Waals surface area contributed by atoms with Gasteiger partial charge in [-0.05, 0) is 23.8 Å². The third-order valence-electron chi connectivity index (χ3n) is 3.23. The van der Waals surface area contributed by atoms with Crippen molar-refractivity contribution in [2.45, 2.75) is 0 Å². The van der Waals surface area contributed by atoms with Crippen LogP contribution in [0, 0.1) is 10.1 Å². The fraction of sp³-hybridized carbons (Fsp3) is 0.111. The zero-order valence-corrected chi connectivity index (χ0v) is 13.9. The Hall–Kier alpha value is -3.68. The molecule has 0 unspecified atom stereocenters. The molecule has 0 aromatic heterocycles. The molecule has 26 heavy (non-hydrogen) atoms. The summed E-state index contributed by atoms with van der Waals surface area (Å²) < 4.78 is 9.72. The van der Waals surface area contributed by atoms with Gasteiger partial charge >= 0.3 is 5.97 Å². The lowest BCUT2D eigenvalue weighted by Gasteiger charge is -2.07. The topological polar surface area (TPSA) is 108 Å². The van der Waals surface area contributed by atoms with Crippen molar-refractivity contribution in [3.05, 3.63) is 70.3 Å². The first-order valence-electron chi connectivity index (χ1n) is 7.52. The number of nitro benzene ring substituents is 1. The largest absolute Gasteiger partial charge is 0.496 e. The zero-order chi connectivity index (χ0) is 18.9. The monoisotopic (exact) mass is 356 g/mol. The Labute approximate surface area is 149 Å². The van der Waals surface area contributed by atoms with Crippen LogP contribution in [0.5, 0.6) is 5.75 Å². The number of methoxy groups -OCH3 is 1. The summed E-state index contributed by atoms with van der Waals surface area (Å²) in [6.07, 6.45) is 2.74. The molecule has 0 bridgehead atoms. The number of ether oxygens (including phenoxy) is 2. The van der Waals surface area contributed by atoms with E-state index in [1.165, 1.54) is 31.4 Å². The van der Waals surface area contributed by atoms with Gasteiger partial charge in [0.15, 0.2) is 6.61 Å². The molecule has 2 aromatic carbocycles. The third-order valence-corrected chi connectivity index (χ3v) is 3.23. The van der Waals surface area contributed by atoms with Gasteiger partial charge in [0.1, 0.15) is 11.4 Å². The molecule has 0 saturated carbocycles. The van der Waals surface area contributed by atoms with Crippen molar-refractivity contribution in [2.75, 3.05) is 19.0 Å². The molecule has 0 fully saturated rings. The highest BCUT2D eigenvalue weighted by molar-refractivity contribution is 5.96. The Morgan fingerprint density at radius 3 is 2.58 bits per heavy atom. The average molecular weight is 356 g/mol. The summed E-state index contributed by atoms with van der Waals surface area (Å²) in [5, 5.41) is 13.4. The van der Waals surface area contributed by atoms with Crippen LogP contribution in [-0.4, -0.2) is 30.5 Å². The van der Waals surface area contributed by atoms with Crippen LogP contribution in [0.2, 0.25) is 0 Å². The van der Waals surface area contributed by atoms with E-state index in [-0.39, 0.29) is 17.1 Å². The second-order valence-corrected chi connectivity index (χ2v) is 5.04. The number of amides is 1. The molecular weight excluding hydrogens is 340 g/mol. The number of anilines is 1. The molecular formula is C18H16N2O6. The standard InChI is InChI=1S/C18H16N2O6/c1-25-14-8-9-15(16(11-14)20(23)24)19-17(21)12-26-18(22)10-7-13-5-3-2-4-6-13/h2-11H,12H2,1H3,(H,19,21)/b10-7+. The molecule has 134 valence electrons. The summed E-state index contributed by atoms with van der Waals surface area (Å²) in [6.45, 7) is -0.568. The summed E-state index contributed by atoms with van der Waals surface area (Å²) in [7, 11) is 1.37. The van der Waals surface area contributed by atoms with Crippen molar-refractivity contribution in [3.63, 3.8) is 0 Å². The lowest BCUT2D eigenvalue weighted by Crippen LogP contribution is -2.20. The minimum atomic E-state index is -0.701. The van der Waals surface area contributed by atoms with E-state index < -0.39 is 23.4 Å². The van der Waals surface area contributed by atoms with E-state index in [0.717, 1.165) is 5.56 Å². The van der Waals surface area contributed by atoms with Gasteiger partial charge in [0.05, 0.1) is 18.1 Å². The fourth-order valence-electron chi connectivity index (χ4n) is 1.99. The van der Waals surface area contributed by atoms with Crippen molar-refractivity contribution in [1.29, 1.82) is 0 Å². The highest BCUT2D eigenvalue weighted by atomic mass is 16.6. The van der Waals surface area contributed by atoms with E-state index in [2.05, 4.69) is 5.32 Å². The molecule has 8 heteroatoms. The van der Waals surface area contributed by atoms with E-state index in [1.54, 1.807) is 18.2 Å². The number of rotatable bonds is 7. The summed E-state index contributed by atoms with van der Waals surface area (Å²) >= 11 is 0. The molecule has 0 saturated heterocycles. The van der Waals surface area contributed by atoms with Crippen molar-refractivity contribution in [1.82, 2.24) is 0 Å². The number of carbonyl (C=O) groups is 2. The Morgan fingerprint density at radius 1 is 1.19 bits per heavy atom. The number of hydrogen-bond acceptors (Lipinski definition) is 6. The van der Waals surface area contributed by atoms with E-state index >= 15 is 0 Å². The van der Waals surface area contributed by atoms with Gasteiger partial charge < -0.3 is 14.8 Å². The maximum Gasteiger partial charge on any atom is 0.331 e. The van der Waals surface area contributed by atoms with Crippen LogP contribution in [0.1, 0.15) is 5.56 Å². The molecule has 0 aliphatic heterocycles. The van der Waals surface area contributed by atoms with Gasteiger partial charge in [0.25, 0.3) is 11.6 Å². The van der Waals surface area contributed by atoms with Gasteiger partial charge in [-0.25, -0.2) is 4.79 Å². The van der Waals surface area contributed by atoms with Crippen molar-refractivity contribution in [3.8, 4) is 5.75 Å². The Balaban J connectivity index is 1.92. The van der Waals surface area contributed by atoms with Gasteiger partial charge in [-0.3, -0.25) is 14.9 Å². The smallest absolute Gasteiger partial charge is 0.331 e. The summed E-state index contributed by atoms with van der Waals surface area (Å²) in [5.74, 6) is -1.11. The molecule has 2 rings (SSSR count). The highest BCUT2D eigenvalue weighted by Gasteiger charge is 2.17. The SMILES string of the molecule is COc1ccc(NC(=O)COC(=O)/C=C/c2ccccc2)c([N+](=O)[O-])c1. The molecule has 1 N–H and O–H groups in total. The number of esters is 1. The van der Waals surface area contributed by atoms with Gasteiger partial charge in [-0.1, -0.05) is 30.3 Å². The Bertz CT molecular complexity index is 833. The van der Waals surface area contributed by atoms with Crippen molar-refractivity contribution < 1.29 is 24.0 Å². The first-order valence-corrected chi connectivity index (χ1v) is 7.52. The maximum absolute atomic E-state index is 11.9. The Morgan fingerprint density at radius 2 is 1.92 bits per heavy atom. The predicted octanol–water partition coefficient (Wildman–Crippen LogP) is 2.80. The van der Waals surface area contributed by atoms with Gasteiger partial charge in [0, 0.05) is 6.08 Å². The summed E-state index contributed by atoms with van der Waals surface area (Å²) in [5.41, 5.74) is 0.465. The van der Waals surface area contributed by atoms with Crippen LogP contribution < -0.4 is 10.1 Å². The minimum absolute atomic E-state index is 0.0170. The van der Waals surface area contributed by atoms with Gasteiger partial charge in [-0.15, -0.1) is 0 Å². The first-order chi connectivity index (χ1) is 12.5. The number of hydrogen-bond donors (Lipinski definition) is 1. The molecule has 0 spiro atoms. The molecule has 0 atom stereocenters. The molecule has 8 nitrogen and oxygen atoms in total. The number of carbonyl (C=O) groups excluding carboxylic acids is 2. The highest BCUT2D eigenvalue weighted by Crippen LogP contribution is 2.28. The molecule has 1 amide bonds. The normalized spacial score (nSPS) is 10.3. The van der Waals surface area contributed by atoms with Crippen LogP contribution >= 0.6 is 0 Å². The summed E-state index contributed by atoms with van der Waals surface area (Å²) in [6, 6.07) is 13.1. The number of nitro groups is 1. The van der Waals surface area contributed by atoms with Crippen molar-refractivity contribution >= 4 is 29.3 Å². The van der Waals surface area contributed by atoms with Crippen molar-refractivity contribution in [2.24, 2.45) is 0 Å². The number of nitrogens with one attached hydrogen (secondary N) is 1. The Kier molecular flexibility index (Phi) is 6.44. The minimum Gasteiger partial charge on any atom is -0.496 e. The van der Waals surface area contributed by atoms with Gasteiger partial charge in [0.2, 0.25) is 0 Å². The number of nitrogens with zero attached hydrogens (tertiary/aromatic N) is 1. The van der Waals surface area contributed by atoms with E-state index in [1.807, 2.05) is 18.2 Å². The number of benzene rings is 2. The average Bonchev–Trinajstić information content (AvgIpc) is 2.65. The van der Waals surface area contributed by atoms with E-state index in [0.29, 0.717) is 0 Å². The quantitative estimate of drug-likeness (QED) is 0.354. The summed E-state index contributed by atoms with van der Waals surface area (Å²) in [4.78, 5) is 33.9. The predicted molar refractivity (Wildman–Crippen MR) is 94.7 cm³/mol. The third kappa shape index (κ3) is 5.45. The van der Waals surface area contributed by atoms with Crippen LogP contribution in [0.3, 0.4) is 0 Å². The second-order valence-electron chi connectivity index (χ2n) is 5.04. The molecule has 0 aliphatic carbocycles. The molecule has 0 aliphatic rings. The first kappa shape index (κ1) is 18.7. The van der Waals surface area contributed by atoms with Gasteiger partial charge in [-0.2, -0.15) is 0 Å². The van der Waals surface area contributed by atoms with Crippen LogP contribution in [0.25, 0.3) is 6.08 Å². The fourth-order valence-corrected chi connectivity index (χ4v) is 1.99. The molecule has 0 heterocycles. The molecule has 2 aromatic rings. The van der Waals surface area contributed by atoms with E-state index in [4.69, 9.17) is 9.47 Å². The van der Waals surface area contributed by atoms with Crippen LogP contribution in [0.15, 0.2) is 54.6 Å².